The van der Waals surface area contributed by atoms with Gasteiger partial charge in [0, 0.05) is 173 Å². The molecule has 3 aromatic heterocycles. The highest BCUT2D eigenvalue weighted by molar-refractivity contribution is 7.14. The van der Waals surface area contributed by atoms with Gasteiger partial charge in [0.1, 0.15) is 18.1 Å². The number of fused-ring (bicyclic) bond motifs is 3. The summed E-state index contributed by atoms with van der Waals surface area (Å²) in [5.41, 5.74) is 18.2. The Balaban J connectivity index is 0.000000150. The SMILES string of the molecule is CC(C)(C)CCCCCCCCN1CCN(c2ccc(-c3ccc4c(c3)C(=O)N(C(C(=O)Nc3nccs3)c3ccccc3)C4)cc2)CC1.CC(C)(C)CCCCCCN1CCN(c2ccc(-c3ccc4c(c3)C(=O)N(C(C(=O)Nc3nccs3)c3ccccc3)C4)cc2)CC1.CC(C)(C)CN1CCN(c2ccc(-c3ccc4c(c3)C(=O)N(C(C(=O)Nc3nccs3)c3ccccc3)C4)cc2)CC1. The molecule has 138 heavy (non-hydrogen) atoms. The van der Waals surface area contributed by atoms with Gasteiger partial charge in [-0.1, -0.05) is 277 Å². The van der Waals surface area contributed by atoms with Crippen molar-refractivity contribution in [1.82, 2.24) is 44.4 Å². The van der Waals surface area contributed by atoms with Crippen molar-refractivity contribution in [2.75, 3.05) is 129 Å². The molecule has 0 radical (unpaired) electrons. The summed E-state index contributed by atoms with van der Waals surface area (Å²) < 4.78 is 0. The lowest BCUT2D eigenvalue weighted by Gasteiger charge is -2.38. The number of hydrogen-bond acceptors (Lipinski definition) is 18. The molecule has 3 saturated heterocycles. The molecule has 3 fully saturated rings. The molecule has 3 atom stereocenters. The van der Waals surface area contributed by atoms with E-state index in [0.29, 0.717) is 68.0 Å². The van der Waals surface area contributed by atoms with E-state index in [0.717, 1.165) is 152 Å². The van der Waals surface area contributed by atoms with Gasteiger partial charge in [0.25, 0.3) is 35.4 Å². The molecule has 6 amide bonds. The molecular formula is C114H135N15O6S3. The maximum Gasteiger partial charge on any atom is 0.255 e. The highest BCUT2D eigenvalue weighted by Crippen LogP contribution is 2.42. The first-order valence-corrected chi connectivity index (χ1v) is 52.2. The topological polar surface area (TPSA) is 206 Å². The predicted octanol–water partition coefficient (Wildman–Crippen LogP) is 23.6. The van der Waals surface area contributed by atoms with Crippen molar-refractivity contribution in [1.29, 1.82) is 0 Å². The van der Waals surface area contributed by atoms with Crippen LogP contribution < -0.4 is 30.7 Å². The molecule has 3 N–H and O–H groups in total. The Morgan fingerprint density at radius 2 is 0.580 bits per heavy atom. The summed E-state index contributed by atoms with van der Waals surface area (Å²) in [5, 5.41) is 15.7. The fraction of sp³-hybridized carbons (Fsp3) is 0.395. The monoisotopic (exact) mass is 1910 g/mol. The van der Waals surface area contributed by atoms with Gasteiger partial charge >= 0.3 is 0 Å². The summed E-state index contributed by atoms with van der Waals surface area (Å²) in [7, 11) is 0. The normalized spacial score (nSPS) is 16.0. The zero-order valence-corrected chi connectivity index (χ0v) is 84.2. The average Bonchev–Trinajstić information content (AvgIpc) is 1.58. The van der Waals surface area contributed by atoms with Crippen LogP contribution in [-0.4, -0.2) is 178 Å². The molecule has 0 saturated carbocycles. The quantitative estimate of drug-likeness (QED) is 0.0327. The highest BCUT2D eigenvalue weighted by Gasteiger charge is 2.42. The Labute approximate surface area is 828 Å². The lowest BCUT2D eigenvalue weighted by Crippen LogP contribution is -2.48. The van der Waals surface area contributed by atoms with Crippen LogP contribution >= 0.6 is 34.0 Å². The molecule has 21 nitrogen and oxygen atoms in total. The Morgan fingerprint density at radius 1 is 0.312 bits per heavy atom. The van der Waals surface area contributed by atoms with E-state index in [1.165, 1.54) is 141 Å². The van der Waals surface area contributed by atoms with Gasteiger partial charge in [-0.15, -0.1) is 34.0 Å². The molecule has 6 aliphatic heterocycles. The number of nitrogens with zero attached hydrogens (tertiary/aromatic N) is 12. The minimum atomic E-state index is -0.762. The Kier molecular flexibility index (Phi) is 33.1. The van der Waals surface area contributed by atoms with Crippen LogP contribution in [-0.2, 0) is 34.0 Å². The lowest BCUT2D eigenvalue weighted by atomic mass is 9.89. The van der Waals surface area contributed by atoms with Gasteiger partial charge < -0.3 is 29.4 Å². The number of piperazine rings is 3. The fourth-order valence-electron chi connectivity index (χ4n) is 19.8. The number of hydrogen-bond donors (Lipinski definition) is 3. The van der Waals surface area contributed by atoms with E-state index in [1.54, 1.807) is 33.3 Å². The van der Waals surface area contributed by atoms with Crippen LogP contribution in [0, 0.1) is 16.2 Å². The summed E-state index contributed by atoms with van der Waals surface area (Å²) in [6, 6.07) is 70.5. The maximum atomic E-state index is 13.9. The molecule has 12 aromatic rings. The van der Waals surface area contributed by atoms with E-state index in [2.05, 4.69) is 214 Å². The van der Waals surface area contributed by atoms with Crippen LogP contribution in [0.3, 0.4) is 0 Å². The number of benzene rings is 9. The van der Waals surface area contributed by atoms with Gasteiger partial charge in [-0.05, 0) is 176 Å². The number of carbonyl (C=O) groups is 6. The van der Waals surface area contributed by atoms with Gasteiger partial charge in [0.2, 0.25) is 0 Å². The molecule has 6 aliphatic rings. The fourth-order valence-corrected chi connectivity index (χ4v) is 21.4. The summed E-state index contributed by atoms with van der Waals surface area (Å²) in [5.74, 6) is -1.21. The Bertz CT molecular complexity index is 5990. The zero-order valence-electron chi connectivity index (χ0n) is 81.7. The van der Waals surface area contributed by atoms with Crippen LogP contribution in [0.15, 0.2) is 253 Å². The van der Waals surface area contributed by atoms with Crippen LogP contribution in [0.4, 0.5) is 32.5 Å². The number of aromatic nitrogens is 3. The van der Waals surface area contributed by atoms with Crippen LogP contribution in [0.2, 0.25) is 0 Å². The van der Waals surface area contributed by atoms with Gasteiger partial charge in [0.15, 0.2) is 15.4 Å². The number of nitrogens with one attached hydrogen (secondary N) is 3. The zero-order chi connectivity index (χ0) is 96.3. The second-order valence-corrected chi connectivity index (χ2v) is 43.8. The van der Waals surface area contributed by atoms with Gasteiger partial charge in [-0.25, -0.2) is 15.0 Å². The Hall–Kier alpha value is -12.0. The number of rotatable bonds is 33. The number of thiazole rings is 3. The Morgan fingerprint density at radius 3 is 0.848 bits per heavy atom. The van der Waals surface area contributed by atoms with Crippen LogP contribution in [0.1, 0.15) is 222 Å². The van der Waals surface area contributed by atoms with Crippen molar-refractivity contribution in [2.45, 2.75) is 177 Å². The van der Waals surface area contributed by atoms with Crippen molar-refractivity contribution >= 4 is 102 Å². The van der Waals surface area contributed by atoms with Crippen molar-refractivity contribution < 1.29 is 28.8 Å². The predicted molar refractivity (Wildman–Crippen MR) is 565 cm³/mol. The van der Waals surface area contributed by atoms with E-state index in [-0.39, 0.29) is 35.4 Å². The molecule has 9 heterocycles. The first-order valence-electron chi connectivity index (χ1n) is 49.6. The smallest absolute Gasteiger partial charge is 0.255 e. The van der Waals surface area contributed by atoms with Crippen molar-refractivity contribution in [2.24, 2.45) is 16.2 Å². The second kappa shape index (κ2) is 46.2. The van der Waals surface area contributed by atoms with Crippen LogP contribution in [0.25, 0.3) is 33.4 Å². The largest absolute Gasteiger partial charge is 0.369 e. The summed E-state index contributed by atoms with van der Waals surface area (Å²) in [6.07, 6.45) is 21.1. The molecular weight excluding hydrogens is 1770 g/mol. The molecule has 3 unspecified atom stereocenters. The number of anilines is 6. The lowest BCUT2D eigenvalue weighted by molar-refractivity contribution is -0.121. The van der Waals surface area contributed by atoms with E-state index < -0.39 is 18.1 Å². The number of unbranched alkanes of at least 4 members (excludes halogenated alkanes) is 8. The van der Waals surface area contributed by atoms with Gasteiger partial charge in [-0.2, -0.15) is 0 Å². The third kappa shape index (κ3) is 26.3. The van der Waals surface area contributed by atoms with Gasteiger partial charge in [0.05, 0.1) is 0 Å². The molecule has 720 valence electrons. The third-order valence-electron chi connectivity index (χ3n) is 27.2. The van der Waals surface area contributed by atoms with Crippen molar-refractivity contribution in [3.05, 3.63) is 303 Å². The van der Waals surface area contributed by atoms with Gasteiger partial charge in [-0.3, -0.25) is 59.4 Å². The standard InChI is InChI=1S/C41H51N5O2S.C39H47N5O2S.C34H37N5O2S/c1-41(2,3)21-11-6-4-5-7-12-23-44-24-26-45(27-25-44)35-19-17-31(18-20-35)33-15-16-34-30-46(39(48)36(34)29-33)37(32-13-9-8-10-14-32)38(47)43-40-42-22-28-49-40;1-39(2,3)19-9-4-5-10-21-42-22-24-43(25-23-42)33-17-15-29(16-18-33)31-13-14-32-28-44(37(46)34(32)27-31)35(30-11-7-6-8-12-30)36(45)41-38-40-20-26-47-38;1-34(2,3)23-37-16-18-38(19-17-37)28-13-11-24(12-14-28)26-9-10-27-22-39(32(41)29(27)21-26)30(25-7-5-4-6-8-25)31(40)36-33-35-15-20-42-33/h8-10,13-20,22,28-29,37H,4-7,11-12,21,23-27,30H2,1-3H3,(H,42,43,47);6-8,11-18,20,26-27,35H,4-5,9-10,19,21-25,28H2,1-3H3,(H,40,41,45);4-15,20-21,30H,16-19,22-23H2,1-3H3,(H,35,36,40). The number of amides is 6. The molecule has 9 aromatic carbocycles. The molecule has 24 heteroatoms. The molecule has 18 rings (SSSR count). The summed E-state index contributed by atoms with van der Waals surface area (Å²) in [6.45, 7) is 38.4. The average molecular weight is 1910 g/mol. The van der Waals surface area contributed by atoms with E-state index >= 15 is 0 Å². The molecule has 0 aliphatic carbocycles. The highest BCUT2D eigenvalue weighted by atomic mass is 32.1. The second-order valence-electron chi connectivity index (χ2n) is 41.1. The minimum absolute atomic E-state index is 0.134. The maximum absolute atomic E-state index is 13.9. The van der Waals surface area contributed by atoms with Crippen molar-refractivity contribution in [3.63, 3.8) is 0 Å². The summed E-state index contributed by atoms with van der Waals surface area (Å²) in [4.78, 5) is 115. The number of carbonyl (C=O) groups excluding carboxylic acids is 6. The minimum Gasteiger partial charge on any atom is -0.369 e. The first-order chi connectivity index (χ1) is 66.7. The van der Waals surface area contributed by atoms with Crippen molar-refractivity contribution in [3.8, 4) is 33.4 Å². The molecule has 0 bridgehead atoms. The van der Waals surface area contributed by atoms with E-state index in [1.807, 2.05) is 144 Å². The van der Waals surface area contributed by atoms with E-state index in [4.69, 9.17) is 0 Å². The first kappa shape index (κ1) is 99.0. The molecule has 0 spiro atoms. The third-order valence-corrected chi connectivity index (χ3v) is 29.2. The summed E-state index contributed by atoms with van der Waals surface area (Å²) >= 11 is 4.07. The van der Waals surface area contributed by atoms with E-state index in [9.17, 15) is 28.8 Å². The van der Waals surface area contributed by atoms with Crippen LogP contribution in [0.5, 0.6) is 0 Å².